The van der Waals surface area contributed by atoms with Gasteiger partial charge in [-0.2, -0.15) is 5.10 Å². The maximum absolute atomic E-state index is 12.4. The summed E-state index contributed by atoms with van der Waals surface area (Å²) < 4.78 is 6.05. The van der Waals surface area contributed by atoms with Gasteiger partial charge in [0.1, 0.15) is 0 Å². The number of nitrogens with one attached hydrogen (secondary N) is 1. The fourth-order valence-corrected chi connectivity index (χ4v) is 2.38. The first-order chi connectivity index (χ1) is 12.4. The molecule has 1 amide bonds. The van der Waals surface area contributed by atoms with Crippen molar-refractivity contribution in [2.75, 3.05) is 19.8 Å². The Kier molecular flexibility index (Phi) is 6.85. The average molecular weight is 361 g/mol. The smallest absolute Gasteiger partial charge is 0.359 e. The van der Waals surface area contributed by atoms with E-state index in [1.807, 2.05) is 13.8 Å². The van der Waals surface area contributed by atoms with Gasteiger partial charge < -0.3 is 15.2 Å². The van der Waals surface area contributed by atoms with Crippen molar-refractivity contribution in [2.45, 2.75) is 26.8 Å². The first-order valence-electron chi connectivity index (χ1n) is 8.48. The third kappa shape index (κ3) is 4.89. The summed E-state index contributed by atoms with van der Waals surface area (Å²) in [6.45, 7) is 3.84. The summed E-state index contributed by atoms with van der Waals surface area (Å²) in [5.41, 5.74) is -0.471. The van der Waals surface area contributed by atoms with Crippen molar-refractivity contribution in [1.29, 1.82) is 0 Å². The Morgan fingerprint density at radius 2 is 1.96 bits per heavy atom. The van der Waals surface area contributed by atoms with Crippen LogP contribution in [0.2, 0.25) is 0 Å². The molecule has 2 N–H and O–H groups in total. The molecule has 0 saturated carbocycles. The normalized spacial score (nSPS) is 10.9. The van der Waals surface area contributed by atoms with Crippen LogP contribution in [0.3, 0.4) is 0 Å². The molecule has 0 fully saturated rings. The molecule has 0 spiro atoms. The minimum absolute atomic E-state index is 0.0420. The first-order valence-corrected chi connectivity index (χ1v) is 8.48. The molecule has 0 bridgehead atoms. The molecule has 0 aliphatic rings. The topological polar surface area (TPSA) is 111 Å². The molecular weight excluding hydrogens is 338 g/mol. The number of carbonyl (C=O) groups is 2. The van der Waals surface area contributed by atoms with Gasteiger partial charge in [0.15, 0.2) is 12.3 Å². The molecule has 0 atom stereocenters. The Labute approximate surface area is 150 Å². The number of carbonyl (C=O) groups excluding carboxylic acids is 2. The molecular formula is C18H23N3O5. The van der Waals surface area contributed by atoms with E-state index in [1.165, 1.54) is 0 Å². The third-order valence-electron chi connectivity index (χ3n) is 3.75. The molecule has 2 rings (SSSR count). The van der Waals surface area contributed by atoms with E-state index in [1.54, 1.807) is 24.3 Å². The Morgan fingerprint density at radius 3 is 2.62 bits per heavy atom. The lowest BCUT2D eigenvalue weighted by molar-refractivity contribution is -0.124. The predicted octanol–water partition coefficient (Wildman–Crippen LogP) is 0.708. The highest BCUT2D eigenvalue weighted by Gasteiger charge is 2.18. The van der Waals surface area contributed by atoms with Crippen molar-refractivity contribution in [2.24, 2.45) is 5.92 Å². The van der Waals surface area contributed by atoms with Gasteiger partial charge in [0.2, 0.25) is 0 Å². The number of aliphatic hydroxyl groups excluding tert-OH is 1. The number of hydrogen-bond donors (Lipinski definition) is 2. The standard InChI is InChI=1S/C18H23N3O5/c1-12(2)7-8-19-15(23)11-26-18(25)16-13-5-3-4-6-14(13)17(24)21(20-16)9-10-22/h3-6,12,22H,7-11H2,1-2H3,(H,19,23). The maximum Gasteiger partial charge on any atom is 0.359 e. The zero-order valence-corrected chi connectivity index (χ0v) is 14.9. The molecule has 1 heterocycles. The summed E-state index contributed by atoms with van der Waals surface area (Å²) in [6.07, 6.45) is 0.831. The second kappa shape index (κ2) is 9.10. The van der Waals surface area contributed by atoms with Crippen LogP contribution >= 0.6 is 0 Å². The van der Waals surface area contributed by atoms with Crippen molar-refractivity contribution in [1.82, 2.24) is 15.1 Å². The van der Waals surface area contributed by atoms with Gasteiger partial charge in [0, 0.05) is 11.9 Å². The fraction of sp³-hybridized carbons (Fsp3) is 0.444. The van der Waals surface area contributed by atoms with Crippen molar-refractivity contribution in [3.63, 3.8) is 0 Å². The van der Waals surface area contributed by atoms with Crippen molar-refractivity contribution in [3.05, 3.63) is 40.3 Å². The summed E-state index contributed by atoms with van der Waals surface area (Å²) in [6, 6.07) is 6.51. The third-order valence-corrected chi connectivity index (χ3v) is 3.75. The van der Waals surface area contributed by atoms with Gasteiger partial charge in [-0.15, -0.1) is 0 Å². The molecule has 1 aromatic carbocycles. The number of nitrogens with zero attached hydrogens (tertiary/aromatic N) is 2. The minimum atomic E-state index is -0.799. The van der Waals surface area contributed by atoms with E-state index >= 15 is 0 Å². The molecule has 26 heavy (non-hydrogen) atoms. The monoisotopic (exact) mass is 361 g/mol. The van der Waals surface area contributed by atoms with Gasteiger partial charge in [0.25, 0.3) is 11.5 Å². The summed E-state index contributed by atoms with van der Waals surface area (Å²) >= 11 is 0. The molecule has 8 heteroatoms. The van der Waals surface area contributed by atoms with Crippen molar-refractivity contribution in [3.8, 4) is 0 Å². The van der Waals surface area contributed by atoms with E-state index in [9.17, 15) is 14.4 Å². The fourth-order valence-electron chi connectivity index (χ4n) is 2.38. The lowest BCUT2D eigenvalue weighted by Crippen LogP contribution is -2.31. The highest BCUT2D eigenvalue weighted by atomic mass is 16.5. The van der Waals surface area contributed by atoms with Gasteiger partial charge in [0.05, 0.1) is 18.5 Å². The number of fused-ring (bicyclic) bond motifs is 1. The quantitative estimate of drug-likeness (QED) is 0.670. The highest BCUT2D eigenvalue weighted by molar-refractivity contribution is 6.02. The summed E-state index contributed by atoms with van der Waals surface area (Å²) in [4.78, 5) is 36.4. The van der Waals surface area contributed by atoms with Crippen molar-refractivity contribution >= 4 is 22.6 Å². The number of amides is 1. The van der Waals surface area contributed by atoms with Crippen molar-refractivity contribution < 1.29 is 19.4 Å². The van der Waals surface area contributed by atoms with Crippen LogP contribution in [-0.2, 0) is 16.1 Å². The van der Waals surface area contributed by atoms with E-state index in [4.69, 9.17) is 9.84 Å². The molecule has 8 nitrogen and oxygen atoms in total. The summed E-state index contributed by atoms with van der Waals surface area (Å²) in [5.74, 6) is -0.736. The molecule has 0 saturated heterocycles. The number of benzene rings is 1. The SMILES string of the molecule is CC(C)CCNC(=O)COC(=O)c1nn(CCO)c(=O)c2ccccc12. The lowest BCUT2D eigenvalue weighted by atomic mass is 10.1. The van der Waals surface area contributed by atoms with Gasteiger partial charge in [-0.3, -0.25) is 9.59 Å². The zero-order valence-electron chi connectivity index (χ0n) is 14.9. The molecule has 0 aliphatic carbocycles. The zero-order chi connectivity index (χ0) is 19.1. The highest BCUT2D eigenvalue weighted by Crippen LogP contribution is 2.14. The Bertz CT molecular complexity index is 844. The number of ether oxygens (including phenoxy) is 1. The number of hydrogen-bond acceptors (Lipinski definition) is 6. The second-order valence-electron chi connectivity index (χ2n) is 6.25. The molecule has 2 aromatic rings. The average Bonchev–Trinajstić information content (AvgIpc) is 2.62. The Hall–Kier alpha value is -2.74. The molecule has 0 aliphatic heterocycles. The van der Waals surface area contributed by atoms with Gasteiger partial charge in [-0.1, -0.05) is 32.0 Å². The van der Waals surface area contributed by atoms with Crippen LogP contribution in [0.15, 0.2) is 29.1 Å². The van der Waals surface area contributed by atoms with E-state index in [2.05, 4.69) is 10.4 Å². The van der Waals surface area contributed by atoms with Gasteiger partial charge in [-0.05, 0) is 18.4 Å². The molecule has 140 valence electrons. The molecule has 1 aromatic heterocycles. The Morgan fingerprint density at radius 1 is 1.27 bits per heavy atom. The summed E-state index contributed by atoms with van der Waals surface area (Å²) in [7, 11) is 0. The molecule has 0 radical (unpaired) electrons. The van der Waals surface area contributed by atoms with Gasteiger partial charge >= 0.3 is 5.97 Å². The van der Waals surface area contributed by atoms with Crippen LogP contribution in [0, 0.1) is 5.92 Å². The van der Waals surface area contributed by atoms with Crippen LogP contribution in [0.4, 0.5) is 0 Å². The lowest BCUT2D eigenvalue weighted by Gasteiger charge is -2.10. The van der Waals surface area contributed by atoms with Gasteiger partial charge in [-0.25, -0.2) is 9.48 Å². The maximum atomic E-state index is 12.4. The van der Waals surface area contributed by atoms with E-state index < -0.39 is 24.0 Å². The van der Waals surface area contributed by atoms with Crippen LogP contribution in [0.25, 0.3) is 10.8 Å². The largest absolute Gasteiger partial charge is 0.451 e. The number of aromatic nitrogens is 2. The minimum Gasteiger partial charge on any atom is -0.451 e. The number of rotatable bonds is 8. The van der Waals surface area contributed by atoms with Crippen LogP contribution in [-0.4, -0.2) is 46.5 Å². The van der Waals surface area contributed by atoms with E-state index in [-0.39, 0.29) is 18.8 Å². The van der Waals surface area contributed by atoms with Crippen LogP contribution < -0.4 is 10.9 Å². The first kappa shape index (κ1) is 19.6. The van der Waals surface area contributed by atoms with E-state index in [0.717, 1.165) is 11.1 Å². The molecule has 0 unspecified atom stereocenters. The van der Waals surface area contributed by atoms with E-state index in [0.29, 0.717) is 23.2 Å². The van der Waals surface area contributed by atoms with Crippen LogP contribution in [0.1, 0.15) is 30.8 Å². The number of esters is 1. The Balaban J connectivity index is 2.15. The van der Waals surface area contributed by atoms with Crippen LogP contribution in [0.5, 0.6) is 0 Å². The predicted molar refractivity (Wildman–Crippen MR) is 95.8 cm³/mol. The second-order valence-corrected chi connectivity index (χ2v) is 6.25. The number of aliphatic hydroxyl groups is 1. The summed E-state index contributed by atoms with van der Waals surface area (Å²) in [5, 5.41) is 16.4.